The molecule has 0 spiro atoms. The number of carbonyl (C=O) groups is 1. The van der Waals surface area contributed by atoms with E-state index >= 15 is 0 Å². The van der Waals surface area contributed by atoms with Crippen LogP contribution in [-0.2, 0) is 12.8 Å². The van der Waals surface area contributed by atoms with Gasteiger partial charge in [0.05, 0.1) is 4.88 Å². The average molecular weight is 324 g/mol. The molecule has 1 aliphatic heterocycles. The van der Waals surface area contributed by atoms with Crippen molar-refractivity contribution in [1.82, 2.24) is 10.6 Å². The number of benzene rings is 1. The summed E-state index contributed by atoms with van der Waals surface area (Å²) in [6.07, 6.45) is 5.31. The van der Waals surface area contributed by atoms with Crippen LogP contribution in [0.15, 0.2) is 42.0 Å². The molecule has 4 heteroatoms. The molecule has 23 heavy (non-hydrogen) atoms. The minimum Gasteiger partial charge on any atom is -0.348 e. The summed E-state index contributed by atoms with van der Waals surface area (Å²) in [5.41, 5.74) is 5.34. The molecule has 2 aromatic rings. The fourth-order valence-electron chi connectivity index (χ4n) is 3.29. The molecule has 4 rings (SSSR count). The molecule has 1 aliphatic carbocycles. The average Bonchev–Trinajstić information content (AvgIpc) is 3.05. The topological polar surface area (TPSA) is 41.1 Å². The Morgan fingerprint density at radius 1 is 1.17 bits per heavy atom. The first-order chi connectivity index (χ1) is 11.3. The van der Waals surface area contributed by atoms with E-state index in [9.17, 15) is 4.79 Å². The quantitative estimate of drug-likeness (QED) is 0.852. The lowest BCUT2D eigenvalue weighted by atomic mass is 9.91. The van der Waals surface area contributed by atoms with Gasteiger partial charge in [-0.1, -0.05) is 35.9 Å². The molecule has 0 saturated heterocycles. The number of amides is 1. The van der Waals surface area contributed by atoms with Crippen molar-refractivity contribution >= 4 is 17.2 Å². The van der Waals surface area contributed by atoms with Crippen molar-refractivity contribution in [3.05, 3.63) is 58.0 Å². The molecule has 1 aromatic carbocycles. The van der Waals surface area contributed by atoms with Crippen LogP contribution in [0.3, 0.4) is 0 Å². The highest BCUT2D eigenvalue weighted by Gasteiger charge is 2.21. The van der Waals surface area contributed by atoms with Gasteiger partial charge in [0, 0.05) is 18.0 Å². The fourth-order valence-corrected chi connectivity index (χ4v) is 4.48. The second-order valence-electron chi connectivity index (χ2n) is 6.12. The molecule has 2 N–H and O–H groups in total. The zero-order chi connectivity index (χ0) is 15.6. The van der Waals surface area contributed by atoms with E-state index in [1.807, 2.05) is 0 Å². The van der Waals surface area contributed by atoms with Crippen LogP contribution in [0, 0.1) is 0 Å². The van der Waals surface area contributed by atoms with Crippen LogP contribution in [0.5, 0.6) is 0 Å². The molecule has 0 saturated carbocycles. The highest BCUT2D eigenvalue weighted by molar-refractivity contribution is 7.17. The van der Waals surface area contributed by atoms with Gasteiger partial charge in [-0.15, -0.1) is 11.3 Å². The van der Waals surface area contributed by atoms with Gasteiger partial charge in [-0.25, -0.2) is 0 Å². The second kappa shape index (κ2) is 6.30. The third kappa shape index (κ3) is 2.96. The lowest BCUT2D eigenvalue weighted by Crippen LogP contribution is -2.29. The molecule has 118 valence electrons. The van der Waals surface area contributed by atoms with E-state index in [2.05, 4.69) is 47.0 Å². The molecule has 1 amide bonds. The van der Waals surface area contributed by atoms with E-state index in [-0.39, 0.29) is 5.91 Å². The van der Waals surface area contributed by atoms with E-state index in [0.29, 0.717) is 6.54 Å². The van der Waals surface area contributed by atoms with Crippen molar-refractivity contribution in [2.45, 2.75) is 19.3 Å². The van der Waals surface area contributed by atoms with Gasteiger partial charge in [-0.2, -0.15) is 0 Å². The first-order valence-corrected chi connectivity index (χ1v) is 9.01. The number of hydrogen-bond acceptors (Lipinski definition) is 3. The van der Waals surface area contributed by atoms with Crippen LogP contribution in [0.2, 0.25) is 0 Å². The molecule has 1 aromatic heterocycles. The van der Waals surface area contributed by atoms with Crippen molar-refractivity contribution < 1.29 is 4.79 Å². The zero-order valence-electron chi connectivity index (χ0n) is 13.0. The summed E-state index contributed by atoms with van der Waals surface area (Å²) in [4.78, 5) is 14.6. The SMILES string of the molecule is O=C(NCC1=CCNCC1)c1cc2c(s1)-c1ccccc1CC2. The Kier molecular flexibility index (Phi) is 4.02. The van der Waals surface area contributed by atoms with Crippen molar-refractivity contribution in [2.24, 2.45) is 0 Å². The minimum atomic E-state index is 0.0568. The molecule has 2 heterocycles. The van der Waals surface area contributed by atoms with Gasteiger partial charge < -0.3 is 10.6 Å². The van der Waals surface area contributed by atoms with Gasteiger partial charge in [0.25, 0.3) is 5.91 Å². The van der Waals surface area contributed by atoms with E-state index in [0.717, 1.165) is 37.2 Å². The monoisotopic (exact) mass is 324 g/mol. The number of aryl methyl sites for hydroxylation is 2. The fraction of sp³-hybridized carbons (Fsp3) is 0.316. The maximum absolute atomic E-state index is 12.5. The van der Waals surface area contributed by atoms with Gasteiger partial charge in [-0.05, 0) is 48.6 Å². The first-order valence-electron chi connectivity index (χ1n) is 8.19. The molecule has 0 unspecified atom stereocenters. The number of fused-ring (bicyclic) bond motifs is 3. The van der Waals surface area contributed by atoms with E-state index in [1.54, 1.807) is 11.3 Å². The van der Waals surface area contributed by atoms with Crippen LogP contribution in [-0.4, -0.2) is 25.5 Å². The molecular weight excluding hydrogens is 304 g/mol. The van der Waals surface area contributed by atoms with Gasteiger partial charge >= 0.3 is 0 Å². The predicted molar refractivity (Wildman–Crippen MR) is 95.1 cm³/mol. The minimum absolute atomic E-state index is 0.0568. The summed E-state index contributed by atoms with van der Waals surface area (Å²) in [5.74, 6) is 0.0568. The Morgan fingerprint density at radius 3 is 2.91 bits per heavy atom. The van der Waals surface area contributed by atoms with Crippen molar-refractivity contribution in [3.63, 3.8) is 0 Å². The molecule has 0 fully saturated rings. The second-order valence-corrected chi connectivity index (χ2v) is 7.17. The Bertz CT molecular complexity index is 775. The largest absolute Gasteiger partial charge is 0.348 e. The van der Waals surface area contributed by atoms with Gasteiger partial charge in [0.1, 0.15) is 0 Å². The number of hydrogen-bond donors (Lipinski definition) is 2. The third-order valence-corrected chi connectivity index (χ3v) is 5.80. The van der Waals surface area contributed by atoms with Gasteiger partial charge in [-0.3, -0.25) is 4.79 Å². The summed E-state index contributed by atoms with van der Waals surface area (Å²) in [5, 5.41) is 6.37. The van der Waals surface area contributed by atoms with Crippen LogP contribution >= 0.6 is 11.3 Å². The van der Waals surface area contributed by atoms with Crippen LogP contribution in [0.4, 0.5) is 0 Å². The van der Waals surface area contributed by atoms with Crippen LogP contribution in [0.1, 0.15) is 27.2 Å². The Hall–Kier alpha value is -1.91. The lowest BCUT2D eigenvalue weighted by molar-refractivity contribution is 0.0960. The van der Waals surface area contributed by atoms with Crippen molar-refractivity contribution in [3.8, 4) is 10.4 Å². The summed E-state index contributed by atoms with van der Waals surface area (Å²) in [6, 6.07) is 10.6. The number of nitrogens with one attached hydrogen (secondary N) is 2. The maximum Gasteiger partial charge on any atom is 0.261 e. The standard InChI is InChI=1S/C19H20N2OS/c22-19(21-12-13-7-9-20-10-8-13)17-11-15-6-5-14-3-1-2-4-16(14)18(15)23-17/h1-4,7,11,20H,5-6,8-10,12H2,(H,21,22). The lowest BCUT2D eigenvalue weighted by Gasteiger charge is -2.15. The van der Waals surface area contributed by atoms with Crippen LogP contribution in [0.25, 0.3) is 10.4 Å². The number of carbonyl (C=O) groups excluding carboxylic acids is 1. The maximum atomic E-state index is 12.5. The predicted octanol–water partition coefficient (Wildman–Crippen LogP) is 3.16. The molecule has 3 nitrogen and oxygen atoms in total. The molecule has 0 atom stereocenters. The smallest absolute Gasteiger partial charge is 0.261 e. The van der Waals surface area contributed by atoms with Gasteiger partial charge in [0.15, 0.2) is 0 Å². The highest BCUT2D eigenvalue weighted by Crippen LogP contribution is 2.39. The van der Waals surface area contributed by atoms with E-state index in [1.165, 1.54) is 27.1 Å². The summed E-state index contributed by atoms with van der Waals surface area (Å²) in [7, 11) is 0. The first kappa shape index (κ1) is 14.7. The van der Waals surface area contributed by atoms with Crippen LogP contribution < -0.4 is 10.6 Å². The summed E-state index contributed by atoms with van der Waals surface area (Å²) in [6.45, 7) is 2.58. The zero-order valence-corrected chi connectivity index (χ0v) is 13.8. The summed E-state index contributed by atoms with van der Waals surface area (Å²) < 4.78 is 0. The molecule has 2 aliphatic rings. The van der Waals surface area contributed by atoms with Crippen molar-refractivity contribution in [2.75, 3.05) is 19.6 Å². The van der Waals surface area contributed by atoms with Gasteiger partial charge in [0.2, 0.25) is 0 Å². The number of thiophene rings is 1. The normalized spacial score (nSPS) is 16.3. The number of rotatable bonds is 3. The van der Waals surface area contributed by atoms with Crippen molar-refractivity contribution in [1.29, 1.82) is 0 Å². The molecular formula is C19H20N2OS. The third-order valence-electron chi connectivity index (χ3n) is 4.59. The van der Waals surface area contributed by atoms with E-state index < -0.39 is 0 Å². The molecule has 0 radical (unpaired) electrons. The molecule has 0 bridgehead atoms. The summed E-state index contributed by atoms with van der Waals surface area (Å²) >= 11 is 1.63. The highest BCUT2D eigenvalue weighted by atomic mass is 32.1. The Labute approximate surface area is 140 Å². The Balaban J connectivity index is 1.52. The Morgan fingerprint density at radius 2 is 2.04 bits per heavy atom. The van der Waals surface area contributed by atoms with E-state index in [4.69, 9.17) is 0 Å².